The molecule has 0 amide bonds. The standard InChI is InChI=1S/C33H30N4O/c1-32(27-19-11-5-12-20-27,23-29(36-34)25-15-7-3-8-16-25)31(38)33(2,28-21-13-6-14-22-28)24-30(37-35)26-17-9-4-10-18-26/h3-22H,23-24H2,1-2H3. The van der Waals surface area contributed by atoms with Crippen molar-refractivity contribution >= 4 is 17.2 Å². The third-order valence-electron chi connectivity index (χ3n) is 7.32. The first-order chi connectivity index (χ1) is 18.4. The Bertz CT molecular complexity index is 1380. The zero-order valence-electron chi connectivity index (χ0n) is 21.7. The van der Waals surface area contributed by atoms with Crippen molar-refractivity contribution in [1.29, 1.82) is 0 Å². The molecule has 0 aromatic heterocycles. The van der Waals surface area contributed by atoms with Crippen molar-refractivity contribution in [3.63, 3.8) is 0 Å². The van der Waals surface area contributed by atoms with Crippen LogP contribution in [0.1, 0.15) is 48.9 Å². The maximum absolute atomic E-state index is 15.0. The summed E-state index contributed by atoms with van der Waals surface area (Å²) in [6, 6.07) is 37.9. The van der Waals surface area contributed by atoms with Crippen LogP contribution in [-0.2, 0) is 15.6 Å². The highest BCUT2D eigenvalue weighted by Crippen LogP contribution is 2.41. The highest BCUT2D eigenvalue weighted by molar-refractivity contribution is 6.08. The SMILES string of the molecule is CC(CC(=[N+]=[N-])c1ccccc1)(C(=O)C(C)(CC(=[N+]=[N-])c1ccccc1)c1ccccc1)c1ccccc1. The van der Waals surface area contributed by atoms with Gasteiger partial charge in [-0.1, -0.05) is 97.1 Å². The summed E-state index contributed by atoms with van der Waals surface area (Å²) in [7, 11) is 0. The van der Waals surface area contributed by atoms with Crippen molar-refractivity contribution in [3.05, 3.63) is 155 Å². The number of ketones is 1. The number of benzene rings is 4. The van der Waals surface area contributed by atoms with E-state index in [1.165, 1.54) is 0 Å². The fourth-order valence-corrected chi connectivity index (χ4v) is 5.17. The monoisotopic (exact) mass is 498 g/mol. The van der Waals surface area contributed by atoms with E-state index in [-0.39, 0.29) is 18.6 Å². The van der Waals surface area contributed by atoms with Crippen LogP contribution in [0, 0.1) is 0 Å². The smallest absolute Gasteiger partial charge is 0.300 e. The minimum Gasteiger partial charge on any atom is -0.361 e. The second kappa shape index (κ2) is 11.6. The molecule has 4 aromatic carbocycles. The van der Waals surface area contributed by atoms with E-state index in [0.717, 1.165) is 22.3 Å². The van der Waals surface area contributed by atoms with E-state index in [4.69, 9.17) is 0 Å². The van der Waals surface area contributed by atoms with E-state index >= 15 is 0 Å². The molecule has 0 aliphatic carbocycles. The molecular formula is C33H30N4O. The van der Waals surface area contributed by atoms with Crippen molar-refractivity contribution in [3.8, 4) is 0 Å². The molecule has 4 rings (SSSR count). The Balaban J connectivity index is 1.88. The van der Waals surface area contributed by atoms with E-state index in [0.29, 0.717) is 11.4 Å². The minimum absolute atomic E-state index is 0.0726. The summed E-state index contributed by atoms with van der Waals surface area (Å²) >= 11 is 0. The predicted octanol–water partition coefficient (Wildman–Crippen LogP) is 6.69. The summed E-state index contributed by atoms with van der Waals surface area (Å²) < 4.78 is 0. The first kappa shape index (κ1) is 26.4. The van der Waals surface area contributed by atoms with Gasteiger partial charge in [-0.2, -0.15) is 9.58 Å². The first-order valence-electron chi connectivity index (χ1n) is 12.6. The fraction of sp³-hybridized carbons (Fsp3) is 0.182. The van der Waals surface area contributed by atoms with Gasteiger partial charge in [0.05, 0.1) is 34.8 Å². The maximum atomic E-state index is 15.0. The van der Waals surface area contributed by atoms with Crippen molar-refractivity contribution in [1.82, 2.24) is 0 Å². The predicted molar refractivity (Wildman–Crippen MR) is 150 cm³/mol. The molecule has 0 saturated heterocycles. The van der Waals surface area contributed by atoms with E-state index in [1.807, 2.05) is 135 Å². The lowest BCUT2D eigenvalue weighted by Crippen LogP contribution is -2.48. The van der Waals surface area contributed by atoms with Crippen molar-refractivity contribution < 1.29 is 14.4 Å². The third kappa shape index (κ3) is 5.35. The van der Waals surface area contributed by atoms with Gasteiger partial charge >= 0.3 is 0 Å². The van der Waals surface area contributed by atoms with Crippen LogP contribution in [0.5, 0.6) is 0 Å². The molecule has 2 unspecified atom stereocenters. The lowest BCUT2D eigenvalue weighted by Gasteiger charge is -2.37. The molecule has 0 saturated carbocycles. The van der Waals surface area contributed by atoms with Gasteiger partial charge in [0.15, 0.2) is 5.78 Å². The first-order valence-corrected chi connectivity index (χ1v) is 12.6. The Kier molecular flexibility index (Phi) is 8.03. The number of nitrogens with zero attached hydrogens (tertiary/aromatic N) is 4. The summed E-state index contributed by atoms with van der Waals surface area (Å²) in [4.78, 5) is 22.2. The van der Waals surface area contributed by atoms with Crippen molar-refractivity contribution in [2.75, 3.05) is 0 Å². The molecular weight excluding hydrogens is 468 g/mol. The number of Topliss-reactive ketones (excluding diaryl/α,β-unsaturated/α-hetero) is 1. The highest BCUT2D eigenvalue weighted by Gasteiger charge is 2.50. The molecule has 38 heavy (non-hydrogen) atoms. The summed E-state index contributed by atoms with van der Waals surface area (Å²) in [5.41, 5.74) is 21.9. The second-order valence-corrected chi connectivity index (χ2v) is 9.90. The molecule has 0 radical (unpaired) electrons. The van der Waals surface area contributed by atoms with Gasteiger partial charge in [0.1, 0.15) is 0 Å². The molecule has 5 nitrogen and oxygen atoms in total. The van der Waals surface area contributed by atoms with Crippen molar-refractivity contribution in [2.24, 2.45) is 0 Å². The molecule has 0 aliphatic rings. The minimum atomic E-state index is -1.07. The molecule has 0 heterocycles. The van der Waals surface area contributed by atoms with Crippen LogP contribution in [0.2, 0.25) is 0 Å². The quantitative estimate of drug-likeness (QED) is 0.136. The highest BCUT2D eigenvalue weighted by atomic mass is 16.1. The molecule has 2 atom stereocenters. The fourth-order valence-electron chi connectivity index (χ4n) is 5.17. The Morgan fingerprint density at radius 1 is 0.553 bits per heavy atom. The van der Waals surface area contributed by atoms with Crippen LogP contribution in [0.15, 0.2) is 121 Å². The van der Waals surface area contributed by atoms with Crippen LogP contribution in [0.25, 0.3) is 11.1 Å². The number of hydrogen-bond acceptors (Lipinski definition) is 1. The molecule has 0 bridgehead atoms. The van der Waals surface area contributed by atoms with Gasteiger partial charge in [-0.25, -0.2) is 0 Å². The maximum Gasteiger partial charge on any atom is 0.300 e. The number of hydrogen-bond donors (Lipinski definition) is 0. The van der Waals surface area contributed by atoms with Gasteiger partial charge in [0, 0.05) is 0 Å². The zero-order chi connectivity index (χ0) is 27.0. The molecule has 0 fully saturated rings. The van der Waals surface area contributed by atoms with E-state index in [1.54, 1.807) is 0 Å². The van der Waals surface area contributed by atoms with Crippen LogP contribution in [0.3, 0.4) is 0 Å². The van der Waals surface area contributed by atoms with Crippen LogP contribution < -0.4 is 0 Å². The van der Waals surface area contributed by atoms with Gasteiger partial charge in [-0.05, 0) is 49.2 Å². The Morgan fingerprint density at radius 3 is 1.13 bits per heavy atom. The van der Waals surface area contributed by atoms with Crippen LogP contribution >= 0.6 is 0 Å². The molecule has 5 heteroatoms. The molecule has 188 valence electrons. The summed E-state index contributed by atoms with van der Waals surface area (Å²) in [5.74, 6) is -0.0726. The lowest BCUT2D eigenvalue weighted by molar-refractivity contribution is -0.129. The number of carbonyl (C=O) groups excluding carboxylic acids is 1. The van der Waals surface area contributed by atoms with Gasteiger partial charge in [-0.3, -0.25) is 4.79 Å². The van der Waals surface area contributed by atoms with Gasteiger partial charge in [-0.15, -0.1) is 0 Å². The molecule has 4 aromatic rings. The number of carbonyl (C=O) groups is 1. The van der Waals surface area contributed by atoms with Crippen molar-refractivity contribution in [2.45, 2.75) is 37.5 Å². The zero-order valence-corrected chi connectivity index (χ0v) is 21.7. The number of rotatable bonds is 10. The average molecular weight is 499 g/mol. The Labute approximate surface area is 223 Å². The molecule has 0 N–H and O–H groups in total. The second-order valence-electron chi connectivity index (χ2n) is 9.90. The van der Waals surface area contributed by atoms with E-state index in [2.05, 4.69) is 9.58 Å². The average Bonchev–Trinajstić information content (AvgIpc) is 2.99. The summed E-state index contributed by atoms with van der Waals surface area (Å²) in [5, 5.41) is 0. The van der Waals surface area contributed by atoms with Crippen LogP contribution in [-0.4, -0.2) is 26.8 Å². The molecule has 0 spiro atoms. The Hall–Kier alpha value is -4.69. The summed E-state index contributed by atoms with van der Waals surface area (Å²) in [6.45, 7) is 3.80. The van der Waals surface area contributed by atoms with E-state index in [9.17, 15) is 15.9 Å². The van der Waals surface area contributed by atoms with Gasteiger partial charge in [0.2, 0.25) is 0 Å². The van der Waals surface area contributed by atoms with Gasteiger partial charge in [0.25, 0.3) is 11.4 Å². The Morgan fingerprint density at radius 2 is 0.842 bits per heavy atom. The lowest BCUT2D eigenvalue weighted by atomic mass is 9.61. The van der Waals surface area contributed by atoms with E-state index < -0.39 is 10.8 Å². The normalized spacial score (nSPS) is 13.7. The van der Waals surface area contributed by atoms with Crippen LogP contribution in [0.4, 0.5) is 0 Å². The molecule has 0 aliphatic heterocycles. The third-order valence-corrected chi connectivity index (χ3v) is 7.32. The topological polar surface area (TPSA) is 89.9 Å². The summed E-state index contributed by atoms with van der Waals surface area (Å²) in [6.07, 6.45) is 0.353. The largest absolute Gasteiger partial charge is 0.361 e. The van der Waals surface area contributed by atoms with Gasteiger partial charge < -0.3 is 11.1 Å².